The molecule has 1 aromatic rings. The SMILES string of the molecule is CC1[C@@H](C)C1(N)n1ncc(C(=O)O)c1C#N. The zero-order valence-electron chi connectivity index (χ0n) is 9.01. The Labute approximate surface area is 92.3 Å². The second kappa shape index (κ2) is 3.06. The average Bonchev–Trinajstić information content (AvgIpc) is 2.70. The van der Waals surface area contributed by atoms with Gasteiger partial charge in [-0.25, -0.2) is 9.48 Å². The first kappa shape index (κ1) is 10.6. The molecule has 2 unspecified atom stereocenters. The molecule has 1 aliphatic rings. The van der Waals surface area contributed by atoms with E-state index < -0.39 is 11.6 Å². The van der Waals surface area contributed by atoms with E-state index in [9.17, 15) is 4.79 Å². The number of nitriles is 1. The molecular weight excluding hydrogens is 208 g/mol. The van der Waals surface area contributed by atoms with Crippen molar-refractivity contribution >= 4 is 5.97 Å². The van der Waals surface area contributed by atoms with E-state index in [0.29, 0.717) is 0 Å². The Balaban J connectivity index is 2.53. The Hall–Kier alpha value is -1.87. The predicted molar refractivity (Wildman–Crippen MR) is 54.4 cm³/mol. The summed E-state index contributed by atoms with van der Waals surface area (Å²) in [6.45, 7) is 3.90. The molecule has 0 saturated heterocycles. The van der Waals surface area contributed by atoms with Crippen LogP contribution < -0.4 is 5.73 Å². The molecule has 1 aromatic heterocycles. The van der Waals surface area contributed by atoms with Gasteiger partial charge < -0.3 is 10.8 Å². The topological polar surface area (TPSA) is 105 Å². The van der Waals surface area contributed by atoms with Crippen LogP contribution in [0.2, 0.25) is 0 Å². The molecule has 1 saturated carbocycles. The van der Waals surface area contributed by atoms with Gasteiger partial charge in [-0.05, 0) is 0 Å². The number of aromatic nitrogens is 2. The lowest BCUT2D eigenvalue weighted by molar-refractivity contribution is 0.0696. The van der Waals surface area contributed by atoms with E-state index in [1.54, 1.807) is 0 Å². The van der Waals surface area contributed by atoms with Crippen LogP contribution in [0, 0.1) is 23.2 Å². The van der Waals surface area contributed by atoms with E-state index >= 15 is 0 Å². The van der Waals surface area contributed by atoms with Crippen molar-refractivity contribution in [3.8, 4) is 6.07 Å². The smallest absolute Gasteiger partial charge is 0.340 e. The standard InChI is InChI=1S/C10H12N4O2/c1-5-6(2)10(5,12)14-8(3-11)7(4-13-14)9(15)16/h4-6H,12H2,1-2H3,(H,15,16)/t5-,6?,10?/m1/s1. The molecule has 0 radical (unpaired) electrons. The molecule has 16 heavy (non-hydrogen) atoms. The summed E-state index contributed by atoms with van der Waals surface area (Å²) in [5.74, 6) is -0.797. The fourth-order valence-electron chi connectivity index (χ4n) is 2.08. The molecule has 1 heterocycles. The summed E-state index contributed by atoms with van der Waals surface area (Å²) in [4.78, 5) is 10.9. The normalized spacial score (nSPS) is 32.1. The fraction of sp³-hybridized carbons (Fsp3) is 0.500. The van der Waals surface area contributed by atoms with Gasteiger partial charge in [-0.3, -0.25) is 0 Å². The number of carbonyl (C=O) groups is 1. The van der Waals surface area contributed by atoms with Gasteiger partial charge in [-0.2, -0.15) is 10.4 Å². The van der Waals surface area contributed by atoms with Crippen LogP contribution >= 0.6 is 0 Å². The van der Waals surface area contributed by atoms with Crippen LogP contribution in [-0.4, -0.2) is 20.9 Å². The minimum Gasteiger partial charge on any atom is -0.478 e. The first-order valence-electron chi connectivity index (χ1n) is 4.95. The number of carboxylic acid groups (broad SMARTS) is 1. The number of nitrogens with two attached hydrogens (primary N) is 1. The van der Waals surface area contributed by atoms with Gasteiger partial charge in [-0.15, -0.1) is 0 Å². The Morgan fingerprint density at radius 1 is 1.69 bits per heavy atom. The molecule has 1 fully saturated rings. The number of rotatable bonds is 2. The molecule has 2 rings (SSSR count). The molecule has 6 heteroatoms. The van der Waals surface area contributed by atoms with Crippen molar-refractivity contribution in [3.05, 3.63) is 17.5 Å². The highest BCUT2D eigenvalue weighted by Gasteiger charge is 2.60. The van der Waals surface area contributed by atoms with Crippen molar-refractivity contribution in [3.63, 3.8) is 0 Å². The molecule has 3 atom stereocenters. The summed E-state index contributed by atoms with van der Waals surface area (Å²) >= 11 is 0. The Morgan fingerprint density at radius 3 is 2.62 bits per heavy atom. The minimum atomic E-state index is -1.16. The third-order valence-corrected chi connectivity index (χ3v) is 3.57. The average molecular weight is 220 g/mol. The second-order valence-corrected chi connectivity index (χ2v) is 4.20. The van der Waals surface area contributed by atoms with Crippen molar-refractivity contribution < 1.29 is 9.90 Å². The van der Waals surface area contributed by atoms with Gasteiger partial charge in [0.25, 0.3) is 0 Å². The highest BCUT2D eigenvalue weighted by atomic mass is 16.4. The minimum absolute atomic E-state index is 0.0196. The monoisotopic (exact) mass is 220 g/mol. The summed E-state index contributed by atoms with van der Waals surface area (Å²) in [5.41, 5.74) is 5.30. The van der Waals surface area contributed by atoms with E-state index in [0.717, 1.165) is 0 Å². The third-order valence-electron chi connectivity index (χ3n) is 3.57. The number of carboxylic acids is 1. The van der Waals surface area contributed by atoms with Crippen LogP contribution in [0.15, 0.2) is 6.20 Å². The van der Waals surface area contributed by atoms with E-state index in [2.05, 4.69) is 5.10 Å². The van der Waals surface area contributed by atoms with Crippen molar-refractivity contribution in [2.75, 3.05) is 0 Å². The zero-order chi connectivity index (χ0) is 12.1. The molecule has 6 nitrogen and oxygen atoms in total. The first-order chi connectivity index (χ1) is 7.44. The summed E-state index contributed by atoms with van der Waals surface area (Å²) in [6.07, 6.45) is 1.17. The molecule has 0 aliphatic heterocycles. The van der Waals surface area contributed by atoms with Gasteiger partial charge in [-0.1, -0.05) is 13.8 Å². The van der Waals surface area contributed by atoms with E-state index in [1.807, 2.05) is 19.9 Å². The Bertz CT molecular complexity index is 491. The maximum Gasteiger partial charge on any atom is 0.340 e. The number of aromatic carboxylic acids is 1. The van der Waals surface area contributed by atoms with Crippen LogP contribution in [0.5, 0.6) is 0 Å². The maximum atomic E-state index is 10.9. The molecule has 0 spiro atoms. The van der Waals surface area contributed by atoms with Crippen molar-refractivity contribution in [1.29, 1.82) is 5.26 Å². The van der Waals surface area contributed by atoms with Crippen LogP contribution in [0.1, 0.15) is 29.9 Å². The van der Waals surface area contributed by atoms with Gasteiger partial charge in [0.1, 0.15) is 17.3 Å². The highest BCUT2D eigenvalue weighted by Crippen LogP contribution is 2.51. The van der Waals surface area contributed by atoms with Crippen LogP contribution in [0.25, 0.3) is 0 Å². The summed E-state index contributed by atoms with van der Waals surface area (Å²) in [5, 5.41) is 21.8. The van der Waals surface area contributed by atoms with Crippen LogP contribution in [-0.2, 0) is 5.66 Å². The van der Waals surface area contributed by atoms with Gasteiger partial charge in [0, 0.05) is 11.8 Å². The van der Waals surface area contributed by atoms with E-state index in [-0.39, 0.29) is 23.1 Å². The van der Waals surface area contributed by atoms with Crippen LogP contribution in [0.4, 0.5) is 0 Å². The van der Waals surface area contributed by atoms with Crippen LogP contribution in [0.3, 0.4) is 0 Å². The largest absolute Gasteiger partial charge is 0.478 e. The summed E-state index contributed by atoms with van der Waals surface area (Å²) in [7, 11) is 0. The van der Waals surface area contributed by atoms with E-state index in [1.165, 1.54) is 10.9 Å². The lowest BCUT2D eigenvalue weighted by atomic mass is 10.2. The molecule has 0 amide bonds. The first-order valence-corrected chi connectivity index (χ1v) is 4.95. The van der Waals surface area contributed by atoms with Gasteiger partial charge in [0.15, 0.2) is 5.69 Å². The highest BCUT2D eigenvalue weighted by molar-refractivity contribution is 5.89. The lowest BCUT2D eigenvalue weighted by Crippen LogP contribution is -2.33. The number of hydrogen-bond acceptors (Lipinski definition) is 4. The van der Waals surface area contributed by atoms with Crippen molar-refractivity contribution in [1.82, 2.24) is 9.78 Å². The second-order valence-electron chi connectivity index (χ2n) is 4.20. The quantitative estimate of drug-likeness (QED) is 0.748. The van der Waals surface area contributed by atoms with Crippen molar-refractivity contribution in [2.24, 2.45) is 17.6 Å². The van der Waals surface area contributed by atoms with Gasteiger partial charge in [0.05, 0.1) is 6.20 Å². The summed E-state index contributed by atoms with van der Waals surface area (Å²) < 4.78 is 1.34. The van der Waals surface area contributed by atoms with E-state index in [4.69, 9.17) is 16.1 Å². The molecule has 0 aromatic carbocycles. The molecular formula is C10H12N4O2. The Morgan fingerprint density at radius 2 is 2.25 bits per heavy atom. The van der Waals surface area contributed by atoms with Crippen molar-refractivity contribution in [2.45, 2.75) is 19.5 Å². The van der Waals surface area contributed by atoms with Gasteiger partial charge >= 0.3 is 5.97 Å². The maximum absolute atomic E-state index is 10.9. The van der Waals surface area contributed by atoms with Gasteiger partial charge in [0.2, 0.25) is 0 Å². The third kappa shape index (κ3) is 1.09. The zero-order valence-corrected chi connectivity index (χ0v) is 9.01. The molecule has 84 valence electrons. The fourth-order valence-corrected chi connectivity index (χ4v) is 2.08. The number of hydrogen-bond donors (Lipinski definition) is 2. The molecule has 3 N–H and O–H groups in total. The lowest BCUT2D eigenvalue weighted by Gasteiger charge is -2.13. The Kier molecular flexibility index (Phi) is 2.03. The number of nitrogens with zero attached hydrogens (tertiary/aromatic N) is 3. The summed E-state index contributed by atoms with van der Waals surface area (Å²) in [6, 6.07) is 1.85. The molecule has 1 aliphatic carbocycles. The molecule has 0 bridgehead atoms. The predicted octanol–water partition coefficient (Wildman–Crippen LogP) is 0.350.